The van der Waals surface area contributed by atoms with Gasteiger partial charge in [-0.15, -0.1) is 0 Å². The highest BCUT2D eigenvalue weighted by Gasteiger charge is 2.39. The molecule has 1 aliphatic rings. The maximum absolute atomic E-state index is 11.1. The summed E-state index contributed by atoms with van der Waals surface area (Å²) in [5.74, 6) is 1.47. The Morgan fingerprint density at radius 1 is 0.968 bits per heavy atom. The molecule has 0 aromatic heterocycles. The molecule has 1 fully saturated rings. The molecule has 0 saturated carbocycles. The highest BCUT2D eigenvalue weighted by Crippen LogP contribution is 2.43. The van der Waals surface area contributed by atoms with E-state index in [4.69, 9.17) is 14.2 Å². The summed E-state index contributed by atoms with van der Waals surface area (Å²) in [4.78, 5) is 0. The number of ether oxygens (including phenoxy) is 3. The van der Waals surface area contributed by atoms with E-state index in [-0.39, 0.29) is 0 Å². The van der Waals surface area contributed by atoms with Crippen LogP contribution in [0.4, 0.5) is 0 Å². The fraction of sp³-hybridized carbons (Fsp3) is 0.308. The van der Waals surface area contributed by atoms with Crippen molar-refractivity contribution < 1.29 is 19.3 Å². The van der Waals surface area contributed by atoms with Crippen LogP contribution >= 0.6 is 0 Å². The van der Waals surface area contributed by atoms with Crippen LogP contribution in [0.1, 0.15) is 23.7 Å². The number of aliphatic hydroxyl groups is 1. The van der Waals surface area contributed by atoms with E-state index in [0.717, 1.165) is 40.3 Å². The summed E-state index contributed by atoms with van der Waals surface area (Å²) in [6.45, 7) is 1.99. The van der Waals surface area contributed by atoms with Crippen LogP contribution in [0.5, 0.6) is 11.5 Å². The van der Waals surface area contributed by atoms with Crippen LogP contribution in [0.3, 0.4) is 0 Å². The SMILES string of the molecule is COc1ccc(-c2ccccc2C2(CC(O)c3ccccc3)CNCCO2)c(OC)c1. The predicted octanol–water partition coefficient (Wildman–Crippen LogP) is 4.31. The Balaban J connectivity index is 1.79. The van der Waals surface area contributed by atoms with Gasteiger partial charge in [-0.1, -0.05) is 54.6 Å². The number of hydrogen-bond acceptors (Lipinski definition) is 5. The van der Waals surface area contributed by atoms with Crippen molar-refractivity contribution in [1.82, 2.24) is 5.32 Å². The molecule has 3 aromatic carbocycles. The van der Waals surface area contributed by atoms with Crippen LogP contribution in [-0.4, -0.2) is 39.0 Å². The topological polar surface area (TPSA) is 60.0 Å². The Hall–Kier alpha value is -2.86. The first-order valence-electron chi connectivity index (χ1n) is 10.6. The molecule has 1 aliphatic heterocycles. The van der Waals surface area contributed by atoms with Crippen LogP contribution in [0.15, 0.2) is 72.8 Å². The number of benzene rings is 3. The van der Waals surface area contributed by atoms with E-state index in [1.54, 1.807) is 14.2 Å². The molecule has 2 atom stereocenters. The van der Waals surface area contributed by atoms with E-state index in [1.165, 1.54) is 0 Å². The zero-order valence-corrected chi connectivity index (χ0v) is 18.0. The first-order chi connectivity index (χ1) is 15.2. The third-order valence-corrected chi connectivity index (χ3v) is 5.89. The van der Waals surface area contributed by atoms with Gasteiger partial charge in [0.1, 0.15) is 17.1 Å². The number of methoxy groups -OCH3 is 2. The molecule has 2 unspecified atom stereocenters. The fourth-order valence-corrected chi connectivity index (χ4v) is 4.32. The Morgan fingerprint density at radius 2 is 1.74 bits per heavy atom. The molecule has 3 aromatic rings. The number of hydrogen-bond donors (Lipinski definition) is 2. The van der Waals surface area contributed by atoms with E-state index >= 15 is 0 Å². The lowest BCUT2D eigenvalue weighted by molar-refractivity contribution is -0.0972. The molecule has 5 nitrogen and oxygen atoms in total. The predicted molar refractivity (Wildman–Crippen MR) is 122 cm³/mol. The second kappa shape index (κ2) is 9.52. The van der Waals surface area contributed by atoms with Gasteiger partial charge in [-0.05, 0) is 28.8 Å². The van der Waals surface area contributed by atoms with Crippen molar-refractivity contribution >= 4 is 0 Å². The maximum Gasteiger partial charge on any atom is 0.130 e. The number of rotatable bonds is 7. The van der Waals surface area contributed by atoms with Crippen molar-refractivity contribution in [1.29, 1.82) is 0 Å². The summed E-state index contributed by atoms with van der Waals surface area (Å²) in [6.07, 6.45) is -0.202. The van der Waals surface area contributed by atoms with Crippen molar-refractivity contribution in [2.45, 2.75) is 18.1 Å². The standard InChI is InChI=1S/C26H29NO4/c1-29-20-12-13-22(25(16-20)30-2)21-10-6-7-11-23(21)26(18-27-14-15-31-26)17-24(28)19-8-4-3-5-9-19/h3-13,16,24,27-28H,14-15,17-18H2,1-2H3. The number of nitrogens with one attached hydrogen (secondary N) is 1. The first-order valence-corrected chi connectivity index (χ1v) is 10.6. The average molecular weight is 420 g/mol. The molecule has 162 valence electrons. The highest BCUT2D eigenvalue weighted by molar-refractivity contribution is 5.75. The Labute approximate surface area is 183 Å². The summed E-state index contributed by atoms with van der Waals surface area (Å²) in [5, 5.41) is 14.5. The van der Waals surface area contributed by atoms with E-state index in [1.807, 2.05) is 60.7 Å². The fourth-order valence-electron chi connectivity index (χ4n) is 4.32. The summed E-state index contributed by atoms with van der Waals surface area (Å²) in [6, 6.07) is 23.8. The molecule has 2 N–H and O–H groups in total. The molecular formula is C26H29NO4. The first kappa shape index (κ1) is 21.4. The van der Waals surface area contributed by atoms with Gasteiger partial charge in [0.2, 0.25) is 0 Å². The second-order valence-corrected chi connectivity index (χ2v) is 7.76. The molecular weight excluding hydrogens is 390 g/mol. The van der Waals surface area contributed by atoms with Gasteiger partial charge in [-0.2, -0.15) is 0 Å². The minimum Gasteiger partial charge on any atom is -0.497 e. The maximum atomic E-state index is 11.1. The number of aliphatic hydroxyl groups excluding tert-OH is 1. The zero-order valence-electron chi connectivity index (χ0n) is 18.0. The van der Waals surface area contributed by atoms with Crippen molar-refractivity contribution in [2.24, 2.45) is 0 Å². The third-order valence-electron chi connectivity index (χ3n) is 5.89. The van der Waals surface area contributed by atoms with Crippen molar-refractivity contribution in [3.8, 4) is 22.6 Å². The van der Waals surface area contributed by atoms with Gasteiger partial charge < -0.3 is 24.6 Å². The Kier molecular flexibility index (Phi) is 6.56. The summed E-state index contributed by atoms with van der Waals surface area (Å²) in [7, 11) is 3.30. The summed E-state index contributed by atoms with van der Waals surface area (Å²) < 4.78 is 17.5. The van der Waals surface area contributed by atoms with E-state index < -0.39 is 11.7 Å². The van der Waals surface area contributed by atoms with Gasteiger partial charge in [0, 0.05) is 31.1 Å². The van der Waals surface area contributed by atoms with E-state index in [0.29, 0.717) is 19.6 Å². The minimum absolute atomic E-state index is 0.444. The van der Waals surface area contributed by atoms with Gasteiger partial charge in [-0.25, -0.2) is 0 Å². The molecule has 0 radical (unpaired) electrons. The lowest BCUT2D eigenvalue weighted by atomic mass is 9.81. The molecule has 4 rings (SSSR count). The van der Waals surface area contributed by atoms with Crippen LogP contribution in [0.25, 0.3) is 11.1 Å². The summed E-state index contributed by atoms with van der Waals surface area (Å²) in [5.41, 5.74) is 3.22. The van der Waals surface area contributed by atoms with Gasteiger partial charge in [0.25, 0.3) is 0 Å². The molecule has 0 bridgehead atoms. The van der Waals surface area contributed by atoms with E-state index in [9.17, 15) is 5.11 Å². The van der Waals surface area contributed by atoms with Gasteiger partial charge in [-0.3, -0.25) is 0 Å². The van der Waals surface area contributed by atoms with Crippen LogP contribution in [0.2, 0.25) is 0 Å². The summed E-state index contributed by atoms with van der Waals surface area (Å²) >= 11 is 0. The molecule has 1 saturated heterocycles. The smallest absolute Gasteiger partial charge is 0.130 e. The second-order valence-electron chi connectivity index (χ2n) is 7.76. The molecule has 31 heavy (non-hydrogen) atoms. The average Bonchev–Trinajstić information content (AvgIpc) is 2.84. The third kappa shape index (κ3) is 4.44. The molecule has 1 heterocycles. The van der Waals surface area contributed by atoms with Crippen LogP contribution < -0.4 is 14.8 Å². The highest BCUT2D eigenvalue weighted by atomic mass is 16.5. The van der Waals surface area contributed by atoms with Gasteiger partial charge >= 0.3 is 0 Å². The Bertz CT molecular complexity index is 999. The van der Waals surface area contributed by atoms with Crippen molar-refractivity contribution in [3.63, 3.8) is 0 Å². The van der Waals surface area contributed by atoms with Crippen molar-refractivity contribution in [3.05, 3.63) is 83.9 Å². The van der Waals surface area contributed by atoms with Crippen LogP contribution in [-0.2, 0) is 10.3 Å². The van der Waals surface area contributed by atoms with E-state index in [2.05, 4.69) is 17.4 Å². The molecule has 0 aliphatic carbocycles. The monoisotopic (exact) mass is 419 g/mol. The lowest BCUT2D eigenvalue weighted by Gasteiger charge is -2.41. The quantitative estimate of drug-likeness (QED) is 0.598. The molecule has 0 amide bonds. The van der Waals surface area contributed by atoms with Crippen LogP contribution in [0, 0.1) is 0 Å². The van der Waals surface area contributed by atoms with Gasteiger partial charge in [0.05, 0.1) is 26.9 Å². The zero-order chi connectivity index (χ0) is 21.7. The lowest BCUT2D eigenvalue weighted by Crippen LogP contribution is -2.48. The normalized spacial score (nSPS) is 19.6. The number of morpholine rings is 1. The van der Waals surface area contributed by atoms with Crippen molar-refractivity contribution in [2.75, 3.05) is 33.9 Å². The largest absolute Gasteiger partial charge is 0.497 e. The molecule has 5 heteroatoms. The Morgan fingerprint density at radius 3 is 2.45 bits per heavy atom. The van der Waals surface area contributed by atoms with Gasteiger partial charge in [0.15, 0.2) is 0 Å². The molecule has 0 spiro atoms. The minimum atomic E-state index is -0.672.